The maximum Gasteiger partial charge on any atom is 0.0798 e. The largest absolute Gasteiger partial charge is 1.00 e. The van der Waals surface area contributed by atoms with Gasteiger partial charge in [0, 0.05) is 13.0 Å². The Morgan fingerprint density at radius 2 is 1.25 bits per heavy atom. The van der Waals surface area contributed by atoms with Crippen molar-refractivity contribution in [3.05, 3.63) is 0 Å². The second-order valence-corrected chi connectivity index (χ2v) is 4.39. The highest BCUT2D eigenvalue weighted by atomic mass is 79.9. The molecule has 0 aliphatic carbocycles. The van der Waals surface area contributed by atoms with Gasteiger partial charge >= 0.3 is 0 Å². The Balaban J connectivity index is 0. The molecule has 0 amide bonds. The Labute approximate surface area is 113 Å². The zero-order valence-electron chi connectivity index (χ0n) is 11.9. The maximum atomic E-state index is 2.52. The van der Waals surface area contributed by atoms with Crippen molar-refractivity contribution in [2.24, 2.45) is 0 Å². The van der Waals surface area contributed by atoms with E-state index in [4.69, 9.17) is 0 Å². The summed E-state index contributed by atoms with van der Waals surface area (Å²) in [5.41, 5.74) is 0. The van der Waals surface area contributed by atoms with Crippen molar-refractivity contribution in [2.45, 2.75) is 41.0 Å². The van der Waals surface area contributed by atoms with Crippen LogP contribution >= 0.6 is 0 Å². The Morgan fingerprint density at radius 1 is 0.812 bits per heavy atom. The first-order valence-electron chi connectivity index (χ1n) is 6.75. The molecule has 0 unspecified atom stereocenters. The van der Waals surface area contributed by atoms with Gasteiger partial charge < -0.3 is 26.4 Å². The summed E-state index contributed by atoms with van der Waals surface area (Å²) >= 11 is 0. The quantitative estimate of drug-likeness (QED) is 0.523. The molecule has 0 aromatic rings. The van der Waals surface area contributed by atoms with Crippen LogP contribution in [-0.2, 0) is 0 Å². The molecule has 0 fully saturated rings. The number of halogens is 1. The molecule has 0 spiro atoms. The van der Waals surface area contributed by atoms with E-state index in [1.807, 2.05) is 0 Å². The van der Waals surface area contributed by atoms with E-state index in [2.05, 4.69) is 39.5 Å². The lowest BCUT2D eigenvalue weighted by Gasteiger charge is -2.36. The van der Waals surface area contributed by atoms with E-state index >= 15 is 0 Å². The number of hydrogen-bond acceptors (Lipinski definition) is 1. The molecule has 16 heavy (non-hydrogen) atoms. The van der Waals surface area contributed by atoms with Crippen LogP contribution in [0.2, 0.25) is 0 Å². The summed E-state index contributed by atoms with van der Waals surface area (Å²) in [7, 11) is 0. The first kappa shape index (κ1) is 18.8. The minimum absolute atomic E-state index is 0. The lowest BCUT2D eigenvalue weighted by molar-refractivity contribution is -0.923. The number of nitrogens with zero attached hydrogens (tertiary/aromatic N) is 2. The summed E-state index contributed by atoms with van der Waals surface area (Å²) in [6.45, 7) is 20.3. The van der Waals surface area contributed by atoms with Gasteiger partial charge in [-0.25, -0.2) is 0 Å². The molecule has 0 heterocycles. The molecular formula is C13H31BrN2. The number of quaternary nitrogens is 1. The average Bonchev–Trinajstić information content (AvgIpc) is 2.31. The molecule has 0 aromatic heterocycles. The van der Waals surface area contributed by atoms with Crippen molar-refractivity contribution in [3.63, 3.8) is 0 Å². The van der Waals surface area contributed by atoms with Gasteiger partial charge in [-0.2, -0.15) is 0 Å². The van der Waals surface area contributed by atoms with E-state index in [1.165, 1.54) is 56.7 Å². The van der Waals surface area contributed by atoms with Gasteiger partial charge in [-0.15, -0.1) is 0 Å². The molecule has 0 bridgehead atoms. The summed E-state index contributed by atoms with van der Waals surface area (Å²) in [5, 5.41) is 0. The molecule has 0 saturated heterocycles. The summed E-state index contributed by atoms with van der Waals surface area (Å²) in [5.74, 6) is 0. The van der Waals surface area contributed by atoms with Crippen LogP contribution in [-0.4, -0.2) is 55.2 Å². The van der Waals surface area contributed by atoms with Crippen molar-refractivity contribution in [2.75, 3.05) is 45.8 Å². The highest BCUT2D eigenvalue weighted by Gasteiger charge is 2.19. The normalized spacial score (nSPS) is 11.6. The van der Waals surface area contributed by atoms with Crippen LogP contribution in [0.15, 0.2) is 0 Å². The van der Waals surface area contributed by atoms with E-state index < -0.39 is 0 Å². The molecule has 0 radical (unpaired) electrons. The second kappa shape index (κ2) is 10.5. The zero-order valence-corrected chi connectivity index (χ0v) is 13.5. The third-order valence-electron chi connectivity index (χ3n) is 4.01. The van der Waals surface area contributed by atoms with Crippen molar-refractivity contribution >= 4 is 0 Å². The Bertz CT molecular complexity index is 135. The van der Waals surface area contributed by atoms with Gasteiger partial charge in [0.25, 0.3) is 0 Å². The molecule has 0 saturated carbocycles. The third kappa shape index (κ3) is 6.21. The molecule has 0 N–H and O–H groups in total. The monoisotopic (exact) mass is 294 g/mol. The molecule has 0 aliphatic heterocycles. The summed E-state index contributed by atoms with van der Waals surface area (Å²) in [6, 6.07) is 0. The number of rotatable bonds is 9. The van der Waals surface area contributed by atoms with Crippen molar-refractivity contribution in [1.29, 1.82) is 0 Å². The van der Waals surface area contributed by atoms with Crippen LogP contribution in [0.1, 0.15) is 41.0 Å². The van der Waals surface area contributed by atoms with Crippen LogP contribution in [0, 0.1) is 0 Å². The van der Waals surface area contributed by atoms with Crippen LogP contribution < -0.4 is 17.0 Å². The van der Waals surface area contributed by atoms with Crippen LogP contribution in [0.25, 0.3) is 0 Å². The Kier molecular flexibility index (Phi) is 12.4. The molecule has 0 aliphatic rings. The fourth-order valence-corrected chi connectivity index (χ4v) is 2.31. The standard InChI is InChI=1S/C13H31N2.BrH/c1-6-14(7-2)12-11-13-15(8-3,9-4)10-5;/h6-13H2,1-5H3;1H/q+1;/p-1. The van der Waals surface area contributed by atoms with E-state index in [0.717, 1.165) is 0 Å². The predicted octanol–water partition coefficient (Wildman–Crippen LogP) is -0.401. The van der Waals surface area contributed by atoms with Crippen LogP contribution in [0.4, 0.5) is 0 Å². The topological polar surface area (TPSA) is 3.24 Å². The van der Waals surface area contributed by atoms with E-state index in [0.29, 0.717) is 0 Å². The summed E-state index contributed by atoms with van der Waals surface area (Å²) in [4.78, 5) is 2.52. The molecule has 0 atom stereocenters. The Hall–Kier alpha value is 0.400. The highest BCUT2D eigenvalue weighted by Crippen LogP contribution is 2.07. The van der Waals surface area contributed by atoms with E-state index in [1.54, 1.807) is 0 Å². The summed E-state index contributed by atoms with van der Waals surface area (Å²) < 4.78 is 1.29. The van der Waals surface area contributed by atoms with Gasteiger partial charge in [0.1, 0.15) is 0 Å². The predicted molar refractivity (Wildman–Crippen MR) is 69.2 cm³/mol. The van der Waals surface area contributed by atoms with Gasteiger partial charge in [-0.05, 0) is 33.9 Å². The average molecular weight is 295 g/mol. The lowest BCUT2D eigenvalue weighted by Crippen LogP contribution is -3.00. The fraction of sp³-hybridized carbons (Fsp3) is 1.00. The zero-order chi connectivity index (χ0) is 11.7. The van der Waals surface area contributed by atoms with Crippen molar-refractivity contribution < 1.29 is 21.5 Å². The van der Waals surface area contributed by atoms with Gasteiger partial charge in [-0.3, -0.25) is 0 Å². The maximum absolute atomic E-state index is 2.52. The molecule has 0 aromatic carbocycles. The van der Waals surface area contributed by atoms with E-state index in [9.17, 15) is 0 Å². The van der Waals surface area contributed by atoms with E-state index in [-0.39, 0.29) is 17.0 Å². The third-order valence-corrected chi connectivity index (χ3v) is 4.01. The van der Waals surface area contributed by atoms with Gasteiger partial charge in [-0.1, -0.05) is 13.8 Å². The molecular weight excluding hydrogens is 264 g/mol. The first-order valence-corrected chi connectivity index (χ1v) is 6.75. The van der Waals surface area contributed by atoms with Gasteiger partial charge in [0.05, 0.1) is 26.2 Å². The molecule has 0 rings (SSSR count). The first-order chi connectivity index (χ1) is 7.17. The van der Waals surface area contributed by atoms with Crippen molar-refractivity contribution in [1.82, 2.24) is 4.90 Å². The summed E-state index contributed by atoms with van der Waals surface area (Å²) in [6.07, 6.45) is 1.34. The minimum Gasteiger partial charge on any atom is -1.00 e. The van der Waals surface area contributed by atoms with Gasteiger partial charge in [0.15, 0.2) is 0 Å². The van der Waals surface area contributed by atoms with Crippen LogP contribution in [0.5, 0.6) is 0 Å². The fourth-order valence-electron chi connectivity index (χ4n) is 2.31. The molecule has 100 valence electrons. The highest BCUT2D eigenvalue weighted by molar-refractivity contribution is 4.52. The SMILES string of the molecule is CCN(CC)CCC[N+](CC)(CC)CC.[Br-]. The van der Waals surface area contributed by atoms with Crippen LogP contribution in [0.3, 0.4) is 0 Å². The minimum atomic E-state index is 0. The lowest BCUT2D eigenvalue weighted by atomic mass is 10.2. The molecule has 2 nitrogen and oxygen atoms in total. The smallest absolute Gasteiger partial charge is 0.0798 e. The van der Waals surface area contributed by atoms with Gasteiger partial charge in [0.2, 0.25) is 0 Å². The second-order valence-electron chi connectivity index (χ2n) is 4.39. The van der Waals surface area contributed by atoms with Crippen molar-refractivity contribution in [3.8, 4) is 0 Å². The number of hydrogen-bond donors (Lipinski definition) is 0. The molecule has 3 heteroatoms. The Morgan fingerprint density at radius 3 is 1.56 bits per heavy atom.